The Morgan fingerprint density at radius 2 is 2.14 bits per heavy atom. The van der Waals surface area contributed by atoms with Crippen LogP contribution in [-0.4, -0.2) is 12.6 Å². The van der Waals surface area contributed by atoms with Crippen LogP contribution >= 0.6 is 0 Å². The smallest absolute Gasteiger partial charge is 0.00697 e. The molecular weight excluding hydrogens is 170 g/mol. The normalized spacial score (nSPS) is 30.2. The average Bonchev–Trinajstić information content (AvgIpc) is 2.15. The molecule has 0 spiro atoms. The zero-order valence-electron chi connectivity index (χ0n) is 10.2. The van der Waals surface area contributed by atoms with Crippen molar-refractivity contribution < 1.29 is 0 Å². The zero-order valence-corrected chi connectivity index (χ0v) is 10.2. The molecule has 1 aliphatic carbocycles. The molecule has 0 radical (unpaired) electrons. The largest absolute Gasteiger partial charge is 0.314 e. The number of hydrogen-bond acceptors (Lipinski definition) is 1. The minimum atomic E-state index is 0.818. The molecule has 0 bridgehead atoms. The lowest BCUT2D eigenvalue weighted by Gasteiger charge is -2.28. The van der Waals surface area contributed by atoms with Crippen LogP contribution in [0.5, 0.6) is 0 Å². The SMILES string of the molecule is CCCC(C)CNC1CCCC(C)C1. The summed E-state index contributed by atoms with van der Waals surface area (Å²) in [5.41, 5.74) is 0. The summed E-state index contributed by atoms with van der Waals surface area (Å²) in [6.07, 6.45) is 8.38. The molecule has 0 aromatic carbocycles. The van der Waals surface area contributed by atoms with Crippen molar-refractivity contribution in [3.63, 3.8) is 0 Å². The van der Waals surface area contributed by atoms with Gasteiger partial charge in [0.25, 0.3) is 0 Å². The molecule has 1 nitrogen and oxygen atoms in total. The summed E-state index contributed by atoms with van der Waals surface area (Å²) >= 11 is 0. The molecule has 0 aliphatic heterocycles. The van der Waals surface area contributed by atoms with Crippen LogP contribution in [0.4, 0.5) is 0 Å². The second-order valence-corrected chi connectivity index (χ2v) is 5.27. The van der Waals surface area contributed by atoms with E-state index in [0.717, 1.165) is 17.9 Å². The summed E-state index contributed by atoms with van der Waals surface area (Å²) in [7, 11) is 0. The van der Waals surface area contributed by atoms with Crippen molar-refractivity contribution in [1.82, 2.24) is 5.32 Å². The molecule has 84 valence electrons. The highest BCUT2D eigenvalue weighted by Crippen LogP contribution is 2.23. The Balaban J connectivity index is 2.10. The topological polar surface area (TPSA) is 12.0 Å². The van der Waals surface area contributed by atoms with Crippen LogP contribution < -0.4 is 5.32 Å². The molecular formula is C13H27N. The van der Waals surface area contributed by atoms with Crippen molar-refractivity contribution in [3.05, 3.63) is 0 Å². The molecule has 0 aromatic rings. The van der Waals surface area contributed by atoms with Gasteiger partial charge in [-0.15, -0.1) is 0 Å². The maximum atomic E-state index is 3.74. The van der Waals surface area contributed by atoms with Crippen molar-refractivity contribution in [2.75, 3.05) is 6.54 Å². The fourth-order valence-corrected chi connectivity index (χ4v) is 2.58. The van der Waals surface area contributed by atoms with Crippen molar-refractivity contribution in [1.29, 1.82) is 0 Å². The van der Waals surface area contributed by atoms with Gasteiger partial charge in [-0.1, -0.05) is 40.0 Å². The lowest BCUT2D eigenvalue weighted by molar-refractivity contribution is 0.289. The van der Waals surface area contributed by atoms with Crippen LogP contribution in [-0.2, 0) is 0 Å². The first-order valence-electron chi connectivity index (χ1n) is 6.45. The van der Waals surface area contributed by atoms with Crippen LogP contribution in [0.2, 0.25) is 0 Å². The summed E-state index contributed by atoms with van der Waals surface area (Å²) in [4.78, 5) is 0. The van der Waals surface area contributed by atoms with Crippen LogP contribution in [0, 0.1) is 11.8 Å². The second-order valence-electron chi connectivity index (χ2n) is 5.27. The summed E-state index contributed by atoms with van der Waals surface area (Å²) in [5.74, 6) is 1.81. The molecule has 0 amide bonds. The van der Waals surface area contributed by atoms with E-state index in [-0.39, 0.29) is 0 Å². The molecule has 3 atom stereocenters. The van der Waals surface area contributed by atoms with Crippen molar-refractivity contribution >= 4 is 0 Å². The third kappa shape index (κ3) is 4.45. The number of rotatable bonds is 5. The Hall–Kier alpha value is -0.0400. The lowest BCUT2D eigenvalue weighted by Crippen LogP contribution is -2.36. The van der Waals surface area contributed by atoms with E-state index in [1.807, 2.05) is 0 Å². The van der Waals surface area contributed by atoms with Crippen LogP contribution in [0.1, 0.15) is 59.3 Å². The number of hydrogen-bond donors (Lipinski definition) is 1. The van der Waals surface area contributed by atoms with Gasteiger partial charge in [-0.2, -0.15) is 0 Å². The predicted molar refractivity (Wildman–Crippen MR) is 63.5 cm³/mol. The first kappa shape index (κ1) is 12.0. The summed E-state index contributed by atoms with van der Waals surface area (Å²) in [6, 6.07) is 0.818. The minimum absolute atomic E-state index is 0.818. The highest BCUT2D eigenvalue weighted by molar-refractivity contribution is 4.76. The van der Waals surface area contributed by atoms with Gasteiger partial charge < -0.3 is 5.32 Å². The van der Waals surface area contributed by atoms with Crippen LogP contribution in [0.15, 0.2) is 0 Å². The molecule has 0 aromatic heterocycles. The van der Waals surface area contributed by atoms with Gasteiger partial charge in [-0.05, 0) is 37.6 Å². The van der Waals surface area contributed by atoms with Crippen molar-refractivity contribution in [2.45, 2.75) is 65.3 Å². The van der Waals surface area contributed by atoms with E-state index < -0.39 is 0 Å². The van der Waals surface area contributed by atoms with E-state index in [1.165, 1.54) is 45.1 Å². The predicted octanol–water partition coefficient (Wildman–Crippen LogP) is 3.59. The lowest BCUT2D eigenvalue weighted by atomic mass is 9.87. The Kier molecular flexibility index (Phi) is 5.54. The first-order chi connectivity index (χ1) is 6.72. The van der Waals surface area contributed by atoms with E-state index in [1.54, 1.807) is 0 Å². The molecule has 1 N–H and O–H groups in total. The Morgan fingerprint density at radius 3 is 2.79 bits per heavy atom. The Bertz CT molecular complexity index is 144. The third-order valence-corrected chi connectivity index (χ3v) is 3.47. The number of nitrogens with one attached hydrogen (secondary N) is 1. The standard InChI is InChI=1S/C13H27N/c1-4-6-12(3)10-14-13-8-5-7-11(2)9-13/h11-14H,4-10H2,1-3H3. The fraction of sp³-hybridized carbons (Fsp3) is 1.00. The van der Waals surface area contributed by atoms with Gasteiger partial charge >= 0.3 is 0 Å². The summed E-state index contributed by atoms with van der Waals surface area (Å²) in [5, 5.41) is 3.74. The molecule has 1 fully saturated rings. The van der Waals surface area contributed by atoms with Gasteiger partial charge in [0.15, 0.2) is 0 Å². The van der Waals surface area contributed by atoms with Gasteiger partial charge in [0.1, 0.15) is 0 Å². The van der Waals surface area contributed by atoms with Gasteiger partial charge in [0.2, 0.25) is 0 Å². The minimum Gasteiger partial charge on any atom is -0.314 e. The van der Waals surface area contributed by atoms with Crippen LogP contribution in [0.3, 0.4) is 0 Å². The summed E-state index contributed by atoms with van der Waals surface area (Å²) < 4.78 is 0. The third-order valence-electron chi connectivity index (χ3n) is 3.47. The van der Waals surface area contributed by atoms with E-state index >= 15 is 0 Å². The fourth-order valence-electron chi connectivity index (χ4n) is 2.58. The van der Waals surface area contributed by atoms with Gasteiger partial charge in [-0.25, -0.2) is 0 Å². The van der Waals surface area contributed by atoms with E-state index in [0.29, 0.717) is 0 Å². The highest BCUT2D eigenvalue weighted by atomic mass is 14.9. The quantitative estimate of drug-likeness (QED) is 0.710. The van der Waals surface area contributed by atoms with Crippen molar-refractivity contribution in [2.24, 2.45) is 11.8 Å². The van der Waals surface area contributed by atoms with E-state index in [9.17, 15) is 0 Å². The first-order valence-corrected chi connectivity index (χ1v) is 6.45. The second kappa shape index (κ2) is 6.44. The maximum Gasteiger partial charge on any atom is 0.00697 e. The van der Waals surface area contributed by atoms with Gasteiger partial charge in [0, 0.05) is 6.04 Å². The van der Waals surface area contributed by atoms with Crippen LogP contribution in [0.25, 0.3) is 0 Å². The van der Waals surface area contributed by atoms with Gasteiger partial charge in [-0.3, -0.25) is 0 Å². The zero-order chi connectivity index (χ0) is 10.4. The maximum absolute atomic E-state index is 3.74. The molecule has 3 unspecified atom stereocenters. The molecule has 14 heavy (non-hydrogen) atoms. The molecule has 0 saturated heterocycles. The average molecular weight is 197 g/mol. The molecule has 0 heterocycles. The Morgan fingerprint density at radius 1 is 1.36 bits per heavy atom. The summed E-state index contributed by atoms with van der Waals surface area (Å²) in [6.45, 7) is 8.26. The monoisotopic (exact) mass is 197 g/mol. The van der Waals surface area contributed by atoms with Gasteiger partial charge in [0.05, 0.1) is 0 Å². The molecule has 1 rings (SSSR count). The highest BCUT2D eigenvalue weighted by Gasteiger charge is 2.18. The Labute approximate surface area is 89.7 Å². The van der Waals surface area contributed by atoms with E-state index in [2.05, 4.69) is 26.1 Å². The van der Waals surface area contributed by atoms with Crippen molar-refractivity contribution in [3.8, 4) is 0 Å². The van der Waals surface area contributed by atoms with E-state index in [4.69, 9.17) is 0 Å². The molecule has 1 aliphatic rings. The molecule has 1 saturated carbocycles. The molecule has 1 heteroatoms.